The minimum absolute atomic E-state index is 0.227. The largest absolute Gasteiger partial charge is 0.379 e. The molecule has 2 saturated heterocycles. The maximum absolute atomic E-state index is 5.57. The molecule has 27 heavy (non-hydrogen) atoms. The normalized spacial score (nSPS) is 24.2. The van der Waals surface area contributed by atoms with E-state index in [9.17, 15) is 0 Å². The van der Waals surface area contributed by atoms with Crippen molar-refractivity contribution in [1.29, 1.82) is 0 Å². The van der Waals surface area contributed by atoms with Gasteiger partial charge in [0.1, 0.15) is 0 Å². The third-order valence-electron chi connectivity index (χ3n) is 5.60. The number of ether oxygens (including phenoxy) is 1. The molecule has 2 N–H and O–H groups in total. The molecule has 1 atom stereocenters. The molecule has 1 aromatic carbocycles. The van der Waals surface area contributed by atoms with E-state index in [0.717, 1.165) is 45.4 Å². The Morgan fingerprint density at radius 2 is 2.07 bits per heavy atom. The number of hydrogen-bond acceptors (Lipinski definition) is 4. The number of nitrogens with one attached hydrogen (secondary N) is 2. The van der Waals surface area contributed by atoms with Crippen molar-refractivity contribution in [2.24, 2.45) is 4.99 Å². The highest BCUT2D eigenvalue weighted by Gasteiger charge is 2.40. The number of guanidine groups is 1. The van der Waals surface area contributed by atoms with Gasteiger partial charge in [0.15, 0.2) is 5.96 Å². The number of nitrogens with zero attached hydrogens (tertiary/aromatic N) is 2. The van der Waals surface area contributed by atoms with E-state index < -0.39 is 0 Å². The van der Waals surface area contributed by atoms with E-state index >= 15 is 0 Å². The molecule has 2 fully saturated rings. The van der Waals surface area contributed by atoms with Gasteiger partial charge in [0, 0.05) is 37.5 Å². The standard InChI is InChI=1S/C21H34N4OS/c1-4-22-20(23-14-19-6-5-17(2)13-18(19)3)24-15-21(7-12-27-16-21)25-8-10-26-11-9-25/h5-6,13H,4,7-12,14-16H2,1-3H3,(H2,22,23,24). The Bertz CT molecular complexity index is 637. The Morgan fingerprint density at radius 3 is 2.74 bits per heavy atom. The minimum atomic E-state index is 0.227. The van der Waals surface area contributed by atoms with E-state index in [1.54, 1.807) is 0 Å². The Morgan fingerprint density at radius 1 is 1.26 bits per heavy atom. The first kappa shape index (κ1) is 20.5. The fourth-order valence-electron chi connectivity index (χ4n) is 3.91. The van der Waals surface area contributed by atoms with E-state index in [1.165, 1.54) is 34.6 Å². The summed E-state index contributed by atoms with van der Waals surface area (Å²) in [5.74, 6) is 3.35. The summed E-state index contributed by atoms with van der Waals surface area (Å²) in [7, 11) is 0. The molecule has 0 spiro atoms. The molecule has 150 valence electrons. The number of thioether (sulfide) groups is 1. The van der Waals surface area contributed by atoms with Crippen LogP contribution in [0.5, 0.6) is 0 Å². The second-order valence-corrected chi connectivity index (χ2v) is 8.71. The van der Waals surface area contributed by atoms with Gasteiger partial charge in [-0.05, 0) is 44.1 Å². The zero-order valence-electron chi connectivity index (χ0n) is 17.0. The van der Waals surface area contributed by atoms with Crippen LogP contribution in [0.4, 0.5) is 0 Å². The van der Waals surface area contributed by atoms with Gasteiger partial charge >= 0.3 is 0 Å². The molecule has 3 rings (SSSR count). The quantitative estimate of drug-likeness (QED) is 0.578. The monoisotopic (exact) mass is 390 g/mol. The van der Waals surface area contributed by atoms with E-state index in [-0.39, 0.29) is 5.54 Å². The summed E-state index contributed by atoms with van der Waals surface area (Å²) < 4.78 is 5.57. The summed E-state index contributed by atoms with van der Waals surface area (Å²) in [5, 5.41) is 7.06. The van der Waals surface area contributed by atoms with Crippen LogP contribution in [0.15, 0.2) is 23.2 Å². The van der Waals surface area contributed by atoms with Crippen molar-refractivity contribution in [1.82, 2.24) is 15.5 Å². The lowest BCUT2D eigenvalue weighted by atomic mass is 9.95. The van der Waals surface area contributed by atoms with Crippen LogP contribution in [0.25, 0.3) is 0 Å². The molecule has 2 aliphatic heterocycles. The SMILES string of the molecule is CCNC(=NCc1ccc(C)cc1C)NCC1(N2CCOCC2)CCSC1. The molecule has 0 radical (unpaired) electrons. The lowest BCUT2D eigenvalue weighted by Crippen LogP contribution is -2.60. The van der Waals surface area contributed by atoms with Crippen LogP contribution in [-0.4, -0.2) is 67.3 Å². The Kier molecular flexibility index (Phi) is 7.44. The predicted octanol–water partition coefficient (Wildman–Crippen LogP) is 2.57. The number of hydrogen-bond donors (Lipinski definition) is 2. The van der Waals surface area contributed by atoms with Gasteiger partial charge in [-0.25, -0.2) is 4.99 Å². The highest BCUT2D eigenvalue weighted by atomic mass is 32.2. The summed E-state index contributed by atoms with van der Waals surface area (Å²) in [6.45, 7) is 12.7. The number of aliphatic imine (C=N–C) groups is 1. The summed E-state index contributed by atoms with van der Waals surface area (Å²) in [6.07, 6.45) is 1.24. The molecular formula is C21H34N4OS. The van der Waals surface area contributed by atoms with Crippen molar-refractivity contribution in [3.63, 3.8) is 0 Å². The first-order chi connectivity index (χ1) is 13.1. The maximum atomic E-state index is 5.57. The van der Waals surface area contributed by atoms with Gasteiger partial charge in [-0.3, -0.25) is 4.90 Å². The van der Waals surface area contributed by atoms with E-state index in [1.807, 2.05) is 0 Å². The average molecular weight is 391 g/mol. The molecule has 2 aliphatic rings. The zero-order valence-corrected chi connectivity index (χ0v) is 17.8. The van der Waals surface area contributed by atoms with Crippen molar-refractivity contribution < 1.29 is 4.74 Å². The molecule has 0 aromatic heterocycles. The zero-order chi connectivity index (χ0) is 19.1. The van der Waals surface area contributed by atoms with Gasteiger partial charge in [0.2, 0.25) is 0 Å². The molecule has 0 amide bonds. The summed E-state index contributed by atoms with van der Waals surface area (Å²) >= 11 is 2.07. The predicted molar refractivity (Wildman–Crippen MR) is 116 cm³/mol. The molecule has 6 heteroatoms. The maximum Gasteiger partial charge on any atom is 0.191 e. The number of aryl methyl sites for hydroxylation is 2. The van der Waals surface area contributed by atoms with Crippen molar-refractivity contribution >= 4 is 17.7 Å². The molecule has 1 aromatic rings. The van der Waals surface area contributed by atoms with Gasteiger partial charge in [-0.2, -0.15) is 11.8 Å². The van der Waals surface area contributed by atoms with Crippen LogP contribution in [0.1, 0.15) is 30.0 Å². The van der Waals surface area contributed by atoms with Crippen LogP contribution in [0, 0.1) is 13.8 Å². The lowest BCUT2D eigenvalue weighted by molar-refractivity contribution is -0.0120. The van der Waals surface area contributed by atoms with Gasteiger partial charge in [0.05, 0.1) is 19.8 Å². The molecular weight excluding hydrogens is 356 g/mol. The molecule has 2 heterocycles. The third kappa shape index (κ3) is 5.39. The average Bonchev–Trinajstić information content (AvgIpc) is 3.16. The summed E-state index contributed by atoms with van der Waals surface area (Å²) in [5.41, 5.74) is 4.13. The van der Waals surface area contributed by atoms with Crippen LogP contribution >= 0.6 is 11.8 Å². The molecule has 1 unspecified atom stereocenters. The van der Waals surface area contributed by atoms with Gasteiger partial charge in [-0.15, -0.1) is 0 Å². The fraction of sp³-hybridized carbons (Fsp3) is 0.667. The van der Waals surface area contributed by atoms with E-state index in [4.69, 9.17) is 9.73 Å². The first-order valence-electron chi connectivity index (χ1n) is 10.1. The van der Waals surface area contributed by atoms with Crippen LogP contribution in [-0.2, 0) is 11.3 Å². The summed E-state index contributed by atoms with van der Waals surface area (Å²) in [6, 6.07) is 6.59. The van der Waals surface area contributed by atoms with E-state index in [0.29, 0.717) is 6.54 Å². The van der Waals surface area contributed by atoms with Crippen molar-refractivity contribution in [3.05, 3.63) is 34.9 Å². The van der Waals surface area contributed by atoms with E-state index in [2.05, 4.69) is 66.3 Å². The topological polar surface area (TPSA) is 48.9 Å². The van der Waals surface area contributed by atoms with Crippen molar-refractivity contribution in [2.75, 3.05) is 50.9 Å². The molecule has 0 saturated carbocycles. The Hall–Kier alpha value is -1.24. The van der Waals surface area contributed by atoms with Crippen LogP contribution in [0.3, 0.4) is 0 Å². The highest BCUT2D eigenvalue weighted by Crippen LogP contribution is 2.33. The Labute approximate surface area is 168 Å². The van der Waals surface area contributed by atoms with Gasteiger partial charge in [0.25, 0.3) is 0 Å². The minimum Gasteiger partial charge on any atom is -0.379 e. The van der Waals surface area contributed by atoms with Crippen molar-refractivity contribution in [3.8, 4) is 0 Å². The molecule has 0 aliphatic carbocycles. The lowest BCUT2D eigenvalue weighted by Gasteiger charge is -2.43. The fourth-order valence-corrected chi connectivity index (χ4v) is 5.39. The van der Waals surface area contributed by atoms with Gasteiger partial charge in [-0.1, -0.05) is 23.8 Å². The van der Waals surface area contributed by atoms with Gasteiger partial charge < -0.3 is 15.4 Å². The number of morpholine rings is 1. The third-order valence-corrected chi connectivity index (χ3v) is 6.83. The molecule has 0 bridgehead atoms. The first-order valence-corrected chi connectivity index (χ1v) is 11.3. The van der Waals surface area contributed by atoms with Crippen LogP contribution in [0.2, 0.25) is 0 Å². The second kappa shape index (κ2) is 9.80. The highest BCUT2D eigenvalue weighted by molar-refractivity contribution is 7.99. The van der Waals surface area contributed by atoms with Crippen LogP contribution < -0.4 is 10.6 Å². The number of benzene rings is 1. The smallest absolute Gasteiger partial charge is 0.191 e. The summed E-state index contributed by atoms with van der Waals surface area (Å²) in [4.78, 5) is 7.49. The Balaban J connectivity index is 1.65. The molecule has 5 nitrogen and oxygen atoms in total. The number of rotatable bonds is 6. The second-order valence-electron chi connectivity index (χ2n) is 7.61. The van der Waals surface area contributed by atoms with Crippen molar-refractivity contribution in [2.45, 2.75) is 39.3 Å².